The van der Waals surface area contributed by atoms with Crippen LogP contribution in [0.3, 0.4) is 0 Å². The second-order valence-corrected chi connectivity index (χ2v) is 6.03. The summed E-state index contributed by atoms with van der Waals surface area (Å²) >= 11 is 3.26. The predicted molar refractivity (Wildman–Crippen MR) is 73.6 cm³/mol. The molecule has 0 radical (unpaired) electrons. The molecule has 0 bridgehead atoms. The van der Waals surface area contributed by atoms with E-state index in [9.17, 15) is 13.0 Å². The SMILES string of the molecule is Cc1ccc(S(=O)(=O)[O-])cc1.N[n+]1cccc(Br)c1. The first-order chi connectivity index (χ1) is 8.79. The van der Waals surface area contributed by atoms with E-state index in [-0.39, 0.29) is 4.90 Å². The van der Waals surface area contributed by atoms with Crippen molar-refractivity contribution in [3.63, 3.8) is 0 Å². The predicted octanol–water partition coefficient (Wildman–Crippen LogP) is 1.35. The molecule has 1 aromatic carbocycles. The zero-order valence-electron chi connectivity index (χ0n) is 10.2. The molecule has 0 aliphatic carbocycles. The fourth-order valence-electron chi connectivity index (χ4n) is 1.17. The molecule has 1 heterocycles. The summed E-state index contributed by atoms with van der Waals surface area (Å²) in [5, 5.41) is 0. The monoisotopic (exact) mass is 344 g/mol. The fourth-order valence-corrected chi connectivity index (χ4v) is 2.03. The number of nitrogens with zero attached hydrogens (tertiary/aromatic N) is 1. The molecule has 0 saturated heterocycles. The quantitative estimate of drug-likeness (QED) is 0.480. The third-order valence-corrected chi connectivity index (χ3v) is 3.41. The number of halogens is 1. The summed E-state index contributed by atoms with van der Waals surface area (Å²) in [4.78, 5) is -0.178. The first-order valence-corrected chi connectivity index (χ1v) is 7.43. The Morgan fingerprint density at radius 3 is 2.16 bits per heavy atom. The Balaban J connectivity index is 0.000000200. The van der Waals surface area contributed by atoms with Crippen LogP contribution in [-0.4, -0.2) is 13.0 Å². The summed E-state index contributed by atoms with van der Waals surface area (Å²) in [6, 6.07) is 9.57. The summed E-state index contributed by atoms with van der Waals surface area (Å²) in [5.41, 5.74) is 0.928. The molecule has 2 rings (SSSR count). The van der Waals surface area contributed by atoms with Crippen molar-refractivity contribution in [2.24, 2.45) is 0 Å². The van der Waals surface area contributed by atoms with Gasteiger partial charge in [-0.1, -0.05) is 22.4 Å². The molecule has 1 aromatic heterocycles. The average Bonchev–Trinajstić information content (AvgIpc) is 2.28. The van der Waals surface area contributed by atoms with Crippen LogP contribution in [-0.2, 0) is 10.1 Å². The number of nitrogen functional groups attached to an aromatic ring is 1. The Labute approximate surface area is 120 Å². The van der Waals surface area contributed by atoms with Crippen LogP contribution in [0.2, 0.25) is 0 Å². The molecule has 0 amide bonds. The van der Waals surface area contributed by atoms with E-state index < -0.39 is 10.1 Å². The van der Waals surface area contributed by atoms with Gasteiger partial charge in [0, 0.05) is 6.07 Å². The van der Waals surface area contributed by atoms with Gasteiger partial charge >= 0.3 is 0 Å². The molecule has 2 aromatic rings. The average molecular weight is 345 g/mol. The normalized spacial score (nSPS) is 10.5. The third-order valence-electron chi connectivity index (χ3n) is 2.10. The summed E-state index contributed by atoms with van der Waals surface area (Å²) in [6.07, 6.45) is 3.55. The van der Waals surface area contributed by atoms with E-state index in [1.807, 2.05) is 19.1 Å². The Bertz CT molecular complexity index is 625. The van der Waals surface area contributed by atoms with Crippen LogP contribution in [0.25, 0.3) is 0 Å². The molecule has 102 valence electrons. The lowest BCUT2D eigenvalue weighted by atomic mass is 10.2. The number of benzene rings is 1. The first kappa shape index (κ1) is 15.6. The van der Waals surface area contributed by atoms with Gasteiger partial charge in [-0.2, -0.15) is 0 Å². The summed E-state index contributed by atoms with van der Waals surface area (Å²) in [7, 11) is -4.27. The van der Waals surface area contributed by atoms with Crippen LogP contribution in [0, 0.1) is 6.92 Å². The molecule has 0 aliphatic rings. The molecule has 0 fully saturated rings. The highest BCUT2D eigenvalue weighted by Crippen LogP contribution is 2.08. The molecular weight excluding hydrogens is 332 g/mol. The van der Waals surface area contributed by atoms with Gasteiger partial charge in [0.1, 0.15) is 10.1 Å². The maximum Gasteiger partial charge on any atom is 0.213 e. The number of aromatic nitrogens is 1. The Morgan fingerprint density at radius 2 is 1.79 bits per heavy atom. The summed E-state index contributed by atoms with van der Waals surface area (Å²) in [6.45, 7) is 1.82. The zero-order chi connectivity index (χ0) is 14.5. The third kappa shape index (κ3) is 5.82. The van der Waals surface area contributed by atoms with Crippen molar-refractivity contribution in [2.75, 3.05) is 5.84 Å². The molecule has 5 nitrogen and oxygen atoms in total. The molecule has 7 heteroatoms. The molecule has 0 aliphatic heterocycles. The van der Waals surface area contributed by atoms with Crippen LogP contribution < -0.4 is 10.5 Å². The lowest BCUT2D eigenvalue weighted by Crippen LogP contribution is -2.43. The van der Waals surface area contributed by atoms with E-state index in [0.717, 1.165) is 10.0 Å². The lowest BCUT2D eigenvalue weighted by Gasteiger charge is -2.05. The molecule has 0 atom stereocenters. The van der Waals surface area contributed by atoms with Crippen molar-refractivity contribution >= 4 is 26.0 Å². The van der Waals surface area contributed by atoms with Crippen molar-refractivity contribution in [3.05, 3.63) is 58.8 Å². The van der Waals surface area contributed by atoms with Crippen molar-refractivity contribution < 1.29 is 17.6 Å². The molecular formula is C12H13BrN2O3S. The van der Waals surface area contributed by atoms with E-state index >= 15 is 0 Å². The minimum atomic E-state index is -4.27. The van der Waals surface area contributed by atoms with Gasteiger partial charge in [0.05, 0.1) is 9.37 Å². The van der Waals surface area contributed by atoms with Gasteiger partial charge < -0.3 is 4.55 Å². The number of hydrogen-bond acceptors (Lipinski definition) is 4. The number of hydrogen-bond donors (Lipinski definition) is 1. The maximum atomic E-state index is 10.4. The van der Waals surface area contributed by atoms with Gasteiger partial charge in [-0.25, -0.2) is 14.3 Å². The van der Waals surface area contributed by atoms with E-state index in [0.29, 0.717) is 0 Å². The van der Waals surface area contributed by atoms with Gasteiger partial charge in [0.25, 0.3) is 0 Å². The standard InChI is InChI=1S/C7H8O3S.C5H6BrN2/c1-6-2-4-7(5-3-6)11(8,9)10;6-5-2-1-3-8(7)4-5/h2-5H,1H3,(H,8,9,10);1-4H,7H2/q;+1/p-1. The highest BCUT2D eigenvalue weighted by molar-refractivity contribution is 9.10. The smallest absolute Gasteiger partial charge is 0.213 e. The van der Waals surface area contributed by atoms with E-state index in [1.165, 1.54) is 16.8 Å². The van der Waals surface area contributed by atoms with Crippen LogP contribution in [0.1, 0.15) is 5.56 Å². The number of aryl methyl sites for hydroxylation is 1. The van der Waals surface area contributed by atoms with Crippen LogP contribution in [0.4, 0.5) is 0 Å². The van der Waals surface area contributed by atoms with Crippen molar-refractivity contribution in [1.29, 1.82) is 0 Å². The van der Waals surface area contributed by atoms with Crippen molar-refractivity contribution in [3.8, 4) is 0 Å². The fraction of sp³-hybridized carbons (Fsp3) is 0.0833. The van der Waals surface area contributed by atoms with Crippen LogP contribution in [0.15, 0.2) is 58.2 Å². The molecule has 19 heavy (non-hydrogen) atoms. The number of nitrogens with two attached hydrogens (primary N) is 1. The highest BCUT2D eigenvalue weighted by atomic mass is 79.9. The molecule has 0 spiro atoms. The van der Waals surface area contributed by atoms with E-state index in [1.54, 1.807) is 24.5 Å². The van der Waals surface area contributed by atoms with Gasteiger partial charge in [-0.3, -0.25) is 0 Å². The highest BCUT2D eigenvalue weighted by Gasteiger charge is 1.97. The second kappa shape index (κ2) is 6.65. The largest absolute Gasteiger partial charge is 0.744 e. The summed E-state index contributed by atoms with van der Waals surface area (Å²) < 4.78 is 33.6. The number of pyridine rings is 1. The van der Waals surface area contributed by atoms with Gasteiger partial charge in [0.2, 0.25) is 6.20 Å². The number of rotatable bonds is 1. The van der Waals surface area contributed by atoms with E-state index in [4.69, 9.17) is 5.84 Å². The first-order valence-electron chi connectivity index (χ1n) is 5.23. The second-order valence-electron chi connectivity index (χ2n) is 3.74. The minimum Gasteiger partial charge on any atom is -0.744 e. The Kier molecular flexibility index (Phi) is 5.46. The Morgan fingerprint density at radius 1 is 1.21 bits per heavy atom. The minimum absolute atomic E-state index is 0.178. The molecule has 2 N–H and O–H groups in total. The van der Waals surface area contributed by atoms with Crippen LogP contribution in [0.5, 0.6) is 0 Å². The van der Waals surface area contributed by atoms with E-state index in [2.05, 4.69) is 15.9 Å². The lowest BCUT2D eigenvalue weighted by molar-refractivity contribution is -0.639. The molecule has 0 saturated carbocycles. The van der Waals surface area contributed by atoms with Crippen molar-refractivity contribution in [1.82, 2.24) is 0 Å². The van der Waals surface area contributed by atoms with Gasteiger partial charge in [-0.05, 0) is 41.1 Å². The summed E-state index contributed by atoms with van der Waals surface area (Å²) in [5.74, 6) is 5.35. The van der Waals surface area contributed by atoms with Crippen molar-refractivity contribution in [2.45, 2.75) is 11.8 Å². The topological polar surface area (TPSA) is 87.1 Å². The van der Waals surface area contributed by atoms with Gasteiger partial charge in [-0.15, -0.1) is 0 Å². The van der Waals surface area contributed by atoms with Gasteiger partial charge in [0.15, 0.2) is 6.20 Å². The zero-order valence-corrected chi connectivity index (χ0v) is 12.6. The Hall–Kier alpha value is -1.44. The van der Waals surface area contributed by atoms with Crippen LogP contribution >= 0.6 is 15.9 Å². The molecule has 0 unspecified atom stereocenters. The maximum absolute atomic E-state index is 10.4.